The molecule has 3 aromatic rings. The van der Waals surface area contributed by atoms with Crippen molar-refractivity contribution >= 4 is 11.7 Å². The second-order valence-corrected chi connectivity index (χ2v) is 5.36. The van der Waals surface area contributed by atoms with Gasteiger partial charge in [-0.2, -0.15) is 4.98 Å². The van der Waals surface area contributed by atoms with Gasteiger partial charge in [0, 0.05) is 11.3 Å². The summed E-state index contributed by atoms with van der Waals surface area (Å²) in [5.41, 5.74) is 2.54. The Labute approximate surface area is 145 Å². The van der Waals surface area contributed by atoms with Crippen LogP contribution in [0.4, 0.5) is 10.5 Å². The van der Waals surface area contributed by atoms with Gasteiger partial charge in [-0.05, 0) is 42.8 Å². The highest BCUT2D eigenvalue weighted by Crippen LogP contribution is 2.19. The second kappa shape index (κ2) is 7.48. The summed E-state index contributed by atoms with van der Waals surface area (Å²) in [4.78, 5) is 16.2. The van der Waals surface area contributed by atoms with Crippen LogP contribution in [0.15, 0.2) is 53.1 Å². The molecule has 0 aliphatic heterocycles. The van der Waals surface area contributed by atoms with Gasteiger partial charge < -0.3 is 19.9 Å². The quantitative estimate of drug-likeness (QED) is 0.744. The first-order chi connectivity index (χ1) is 12.2. The van der Waals surface area contributed by atoms with Crippen molar-refractivity contribution in [2.45, 2.75) is 13.5 Å². The molecule has 7 heteroatoms. The molecule has 3 rings (SSSR count). The van der Waals surface area contributed by atoms with Gasteiger partial charge in [-0.25, -0.2) is 4.79 Å². The average Bonchev–Trinajstić information content (AvgIpc) is 3.11. The molecule has 0 aliphatic carbocycles. The van der Waals surface area contributed by atoms with Crippen molar-refractivity contribution in [1.29, 1.82) is 0 Å². The molecular formula is C18H18N4O3. The summed E-state index contributed by atoms with van der Waals surface area (Å²) in [6.07, 6.45) is 0. The first kappa shape index (κ1) is 16.5. The third-order valence-corrected chi connectivity index (χ3v) is 3.61. The number of ether oxygens (including phenoxy) is 1. The second-order valence-electron chi connectivity index (χ2n) is 5.36. The van der Waals surface area contributed by atoms with Crippen molar-refractivity contribution in [2.75, 3.05) is 12.4 Å². The van der Waals surface area contributed by atoms with E-state index in [-0.39, 0.29) is 12.6 Å². The van der Waals surface area contributed by atoms with Crippen molar-refractivity contribution in [3.05, 3.63) is 60.0 Å². The fraction of sp³-hybridized carbons (Fsp3) is 0.167. The third kappa shape index (κ3) is 4.14. The van der Waals surface area contributed by atoms with Crippen LogP contribution in [-0.2, 0) is 6.54 Å². The summed E-state index contributed by atoms with van der Waals surface area (Å²) < 4.78 is 10.3. The maximum Gasteiger partial charge on any atom is 0.319 e. The Morgan fingerprint density at radius 3 is 2.64 bits per heavy atom. The monoisotopic (exact) mass is 338 g/mol. The minimum atomic E-state index is -0.335. The van der Waals surface area contributed by atoms with E-state index in [9.17, 15) is 4.79 Å². The zero-order chi connectivity index (χ0) is 17.6. The van der Waals surface area contributed by atoms with E-state index in [0.29, 0.717) is 11.7 Å². The number of para-hydroxylation sites is 1. The van der Waals surface area contributed by atoms with Crippen molar-refractivity contribution in [3.8, 4) is 17.1 Å². The molecule has 0 spiro atoms. The zero-order valence-electron chi connectivity index (χ0n) is 13.9. The molecule has 0 radical (unpaired) electrons. The first-order valence-corrected chi connectivity index (χ1v) is 7.73. The number of nitrogens with one attached hydrogen (secondary N) is 2. The van der Waals surface area contributed by atoms with Crippen LogP contribution in [0.3, 0.4) is 0 Å². The largest absolute Gasteiger partial charge is 0.497 e. The van der Waals surface area contributed by atoms with E-state index in [1.807, 2.05) is 55.5 Å². The molecule has 0 atom stereocenters. The Morgan fingerprint density at radius 1 is 1.16 bits per heavy atom. The van der Waals surface area contributed by atoms with Crippen LogP contribution in [-0.4, -0.2) is 23.3 Å². The van der Waals surface area contributed by atoms with Gasteiger partial charge in [0.25, 0.3) is 0 Å². The van der Waals surface area contributed by atoms with E-state index < -0.39 is 0 Å². The van der Waals surface area contributed by atoms with Crippen LogP contribution >= 0.6 is 0 Å². The number of aromatic nitrogens is 2. The standard InChI is InChI=1S/C18H18N4O3/c1-12-5-3-4-6-15(12)20-18(23)19-11-16-21-17(22-25-16)13-7-9-14(24-2)10-8-13/h3-10H,11H2,1-2H3,(H2,19,20,23). The zero-order valence-corrected chi connectivity index (χ0v) is 13.9. The molecule has 0 fully saturated rings. The molecule has 25 heavy (non-hydrogen) atoms. The fourth-order valence-corrected chi connectivity index (χ4v) is 2.22. The Morgan fingerprint density at radius 2 is 1.92 bits per heavy atom. The number of methoxy groups -OCH3 is 1. The molecule has 1 heterocycles. The van der Waals surface area contributed by atoms with E-state index in [1.54, 1.807) is 7.11 Å². The van der Waals surface area contributed by atoms with Crippen molar-refractivity contribution in [3.63, 3.8) is 0 Å². The predicted molar refractivity (Wildman–Crippen MR) is 93.3 cm³/mol. The van der Waals surface area contributed by atoms with Gasteiger partial charge >= 0.3 is 6.03 Å². The highest BCUT2D eigenvalue weighted by Gasteiger charge is 2.10. The number of carbonyl (C=O) groups excluding carboxylic acids is 1. The summed E-state index contributed by atoms with van der Waals surface area (Å²) >= 11 is 0. The number of hydrogen-bond donors (Lipinski definition) is 2. The van der Waals surface area contributed by atoms with Gasteiger partial charge in [0.15, 0.2) is 0 Å². The summed E-state index contributed by atoms with van der Waals surface area (Å²) in [6, 6.07) is 14.5. The smallest absolute Gasteiger partial charge is 0.319 e. The summed E-state index contributed by atoms with van der Waals surface area (Å²) in [7, 11) is 1.61. The summed E-state index contributed by atoms with van der Waals surface area (Å²) in [6.45, 7) is 2.07. The molecule has 0 saturated heterocycles. The molecule has 2 N–H and O–H groups in total. The lowest BCUT2D eigenvalue weighted by Gasteiger charge is -2.08. The summed E-state index contributed by atoms with van der Waals surface area (Å²) in [5.74, 6) is 1.53. The number of anilines is 1. The van der Waals surface area contributed by atoms with Gasteiger partial charge in [0.1, 0.15) is 5.75 Å². The topological polar surface area (TPSA) is 89.3 Å². The Hall–Kier alpha value is -3.35. The number of nitrogens with zero attached hydrogens (tertiary/aromatic N) is 2. The molecule has 128 valence electrons. The number of carbonyl (C=O) groups is 1. The predicted octanol–water partition coefficient (Wildman–Crippen LogP) is 3.38. The van der Waals surface area contributed by atoms with Gasteiger partial charge in [-0.1, -0.05) is 23.4 Å². The molecule has 2 aromatic carbocycles. The Kier molecular flexibility index (Phi) is 4.94. The Bertz CT molecular complexity index is 859. The lowest BCUT2D eigenvalue weighted by atomic mass is 10.2. The van der Waals surface area contributed by atoms with Crippen LogP contribution in [0.5, 0.6) is 5.75 Å². The van der Waals surface area contributed by atoms with Crippen LogP contribution in [0.25, 0.3) is 11.4 Å². The van der Waals surface area contributed by atoms with Crippen LogP contribution in [0.2, 0.25) is 0 Å². The van der Waals surface area contributed by atoms with Gasteiger partial charge in [-0.15, -0.1) is 0 Å². The number of hydrogen-bond acceptors (Lipinski definition) is 5. The van der Waals surface area contributed by atoms with E-state index in [2.05, 4.69) is 20.8 Å². The molecule has 0 unspecified atom stereocenters. The average molecular weight is 338 g/mol. The lowest BCUT2D eigenvalue weighted by molar-refractivity contribution is 0.249. The fourth-order valence-electron chi connectivity index (χ4n) is 2.22. The number of rotatable bonds is 5. The third-order valence-electron chi connectivity index (χ3n) is 3.61. The van der Waals surface area contributed by atoms with Crippen molar-refractivity contribution in [2.24, 2.45) is 0 Å². The minimum Gasteiger partial charge on any atom is -0.497 e. The van der Waals surface area contributed by atoms with Crippen LogP contribution in [0, 0.1) is 6.92 Å². The summed E-state index contributed by atoms with van der Waals surface area (Å²) in [5, 5.41) is 9.39. The minimum absolute atomic E-state index is 0.140. The van der Waals surface area contributed by atoms with E-state index >= 15 is 0 Å². The van der Waals surface area contributed by atoms with E-state index in [1.165, 1.54) is 0 Å². The van der Waals surface area contributed by atoms with Crippen molar-refractivity contribution in [1.82, 2.24) is 15.5 Å². The molecule has 1 aromatic heterocycles. The molecule has 0 bridgehead atoms. The number of aryl methyl sites for hydroxylation is 1. The van der Waals surface area contributed by atoms with Gasteiger partial charge in [0.05, 0.1) is 13.7 Å². The van der Waals surface area contributed by atoms with Crippen molar-refractivity contribution < 1.29 is 14.1 Å². The lowest BCUT2D eigenvalue weighted by Crippen LogP contribution is -2.28. The van der Waals surface area contributed by atoms with Gasteiger partial charge in [0.2, 0.25) is 11.7 Å². The normalized spacial score (nSPS) is 10.3. The first-order valence-electron chi connectivity index (χ1n) is 7.73. The highest BCUT2D eigenvalue weighted by atomic mass is 16.5. The number of amides is 2. The molecule has 0 aliphatic rings. The SMILES string of the molecule is COc1ccc(-c2noc(CNC(=O)Nc3ccccc3C)n2)cc1. The molecule has 7 nitrogen and oxygen atoms in total. The number of benzene rings is 2. The van der Waals surface area contributed by atoms with E-state index in [0.717, 1.165) is 22.6 Å². The maximum atomic E-state index is 12.0. The number of urea groups is 1. The molecule has 2 amide bonds. The van der Waals surface area contributed by atoms with Crippen LogP contribution < -0.4 is 15.4 Å². The van der Waals surface area contributed by atoms with E-state index in [4.69, 9.17) is 9.26 Å². The van der Waals surface area contributed by atoms with Crippen LogP contribution in [0.1, 0.15) is 11.5 Å². The maximum absolute atomic E-state index is 12.0. The Balaban J connectivity index is 1.58. The molecule has 0 saturated carbocycles. The molecular weight excluding hydrogens is 320 g/mol. The van der Waals surface area contributed by atoms with Gasteiger partial charge in [-0.3, -0.25) is 0 Å². The highest BCUT2D eigenvalue weighted by molar-refractivity contribution is 5.89.